The molecule has 0 saturated heterocycles. The standard InChI is InChI=1S/C15H22N5O.CH4/c1-11-9-13(18(2)3)14(21-6)10-12(11)16-17-15-19(4)7-8-20(15)5;/h7-10H,1-6H3;1H4/q+1;. The summed E-state index contributed by atoms with van der Waals surface area (Å²) in [4.78, 5) is 2.02. The molecule has 6 heteroatoms. The third-order valence-corrected chi connectivity index (χ3v) is 3.37. The Balaban J connectivity index is 0.00000242. The van der Waals surface area contributed by atoms with Crippen molar-refractivity contribution in [3.63, 3.8) is 0 Å². The van der Waals surface area contributed by atoms with E-state index in [1.54, 1.807) is 7.11 Å². The average Bonchev–Trinajstić information content (AvgIpc) is 2.76. The van der Waals surface area contributed by atoms with Gasteiger partial charge in [-0.15, -0.1) is 0 Å². The molecule has 1 heterocycles. The van der Waals surface area contributed by atoms with Crippen LogP contribution in [-0.4, -0.2) is 25.8 Å². The summed E-state index contributed by atoms with van der Waals surface area (Å²) in [6, 6.07) is 3.97. The maximum absolute atomic E-state index is 5.43. The predicted molar refractivity (Wildman–Crippen MR) is 89.6 cm³/mol. The van der Waals surface area contributed by atoms with E-state index >= 15 is 0 Å². The molecule has 0 unspecified atom stereocenters. The van der Waals surface area contributed by atoms with Crippen LogP contribution in [-0.2, 0) is 14.1 Å². The summed E-state index contributed by atoms with van der Waals surface area (Å²) in [6.07, 6.45) is 3.88. The second-order valence-electron chi connectivity index (χ2n) is 5.22. The molecule has 1 aromatic heterocycles. The normalized spacial score (nSPS) is 10.6. The van der Waals surface area contributed by atoms with E-state index in [1.165, 1.54) is 0 Å². The smallest absolute Gasteiger partial charge is 0.421 e. The number of aromatic nitrogens is 2. The van der Waals surface area contributed by atoms with Crippen LogP contribution in [0.1, 0.15) is 13.0 Å². The first-order chi connectivity index (χ1) is 9.93. The molecule has 120 valence electrons. The summed E-state index contributed by atoms with van der Waals surface area (Å²) in [5.74, 6) is 1.57. The summed E-state index contributed by atoms with van der Waals surface area (Å²) < 4.78 is 9.27. The molecule has 2 aromatic rings. The fourth-order valence-electron chi connectivity index (χ4n) is 2.10. The number of azo groups is 1. The molecule has 0 spiro atoms. The fourth-order valence-corrected chi connectivity index (χ4v) is 2.10. The molecule has 2 rings (SSSR count). The van der Waals surface area contributed by atoms with Gasteiger partial charge >= 0.3 is 5.95 Å². The average molecular weight is 304 g/mol. The molecule has 0 atom stereocenters. The van der Waals surface area contributed by atoms with E-state index in [2.05, 4.69) is 16.3 Å². The molecule has 0 aliphatic rings. The lowest BCUT2D eigenvalue weighted by atomic mass is 10.1. The van der Waals surface area contributed by atoms with Gasteiger partial charge in [0.15, 0.2) is 0 Å². The Hall–Kier alpha value is -2.37. The van der Waals surface area contributed by atoms with E-state index in [9.17, 15) is 0 Å². The van der Waals surface area contributed by atoms with Crippen LogP contribution in [0.3, 0.4) is 0 Å². The van der Waals surface area contributed by atoms with Gasteiger partial charge in [-0.1, -0.05) is 12.5 Å². The Bertz CT molecular complexity index is 654. The van der Waals surface area contributed by atoms with Crippen molar-refractivity contribution < 1.29 is 9.30 Å². The molecule has 0 saturated carbocycles. The van der Waals surface area contributed by atoms with Crippen LogP contribution in [0.25, 0.3) is 0 Å². The summed E-state index contributed by atoms with van der Waals surface area (Å²) in [5, 5.41) is 8.69. The Kier molecular flexibility index (Phi) is 5.68. The highest BCUT2D eigenvalue weighted by molar-refractivity contribution is 5.66. The Morgan fingerprint density at radius 3 is 2.41 bits per heavy atom. The number of hydrogen-bond donors (Lipinski definition) is 0. The van der Waals surface area contributed by atoms with Crippen LogP contribution in [0, 0.1) is 6.92 Å². The van der Waals surface area contributed by atoms with E-state index < -0.39 is 0 Å². The van der Waals surface area contributed by atoms with E-state index in [-0.39, 0.29) is 7.43 Å². The molecule has 0 aliphatic heterocycles. The zero-order valence-electron chi connectivity index (χ0n) is 13.5. The number of ether oxygens (including phenoxy) is 1. The number of anilines is 1. The van der Waals surface area contributed by atoms with Crippen molar-refractivity contribution in [1.29, 1.82) is 0 Å². The molecule has 0 amide bonds. The molecule has 0 bridgehead atoms. The SMILES string of the molecule is C.COc1cc(N=Nc2n(C)cc[n+]2C)c(C)cc1N(C)C. The second-order valence-corrected chi connectivity index (χ2v) is 5.22. The Morgan fingerprint density at radius 2 is 1.91 bits per heavy atom. The van der Waals surface area contributed by atoms with Gasteiger partial charge in [-0.2, -0.15) is 0 Å². The van der Waals surface area contributed by atoms with Gasteiger partial charge < -0.3 is 9.64 Å². The molecule has 0 N–H and O–H groups in total. The lowest BCUT2D eigenvalue weighted by molar-refractivity contribution is -0.657. The van der Waals surface area contributed by atoms with Crippen LogP contribution >= 0.6 is 0 Å². The van der Waals surface area contributed by atoms with Crippen molar-refractivity contribution in [1.82, 2.24) is 4.57 Å². The monoisotopic (exact) mass is 304 g/mol. The summed E-state index contributed by atoms with van der Waals surface area (Å²) in [6.45, 7) is 2.02. The zero-order valence-corrected chi connectivity index (χ0v) is 13.5. The van der Waals surface area contributed by atoms with Crippen molar-refractivity contribution in [3.8, 4) is 5.75 Å². The van der Waals surface area contributed by atoms with Gasteiger partial charge in [0.25, 0.3) is 0 Å². The highest BCUT2D eigenvalue weighted by Gasteiger charge is 2.13. The Labute approximate surface area is 132 Å². The topological polar surface area (TPSA) is 46.0 Å². The molecule has 6 nitrogen and oxygen atoms in total. The minimum Gasteiger partial charge on any atom is -0.495 e. The van der Waals surface area contributed by atoms with Gasteiger partial charge in [-0.05, 0) is 18.6 Å². The first-order valence-corrected chi connectivity index (χ1v) is 6.72. The van der Waals surface area contributed by atoms with E-state index in [0.717, 1.165) is 28.6 Å². The highest BCUT2D eigenvalue weighted by atomic mass is 16.5. The lowest BCUT2D eigenvalue weighted by Gasteiger charge is -2.17. The Morgan fingerprint density at radius 1 is 1.23 bits per heavy atom. The van der Waals surface area contributed by atoms with Gasteiger partial charge in [-0.25, -0.2) is 9.13 Å². The third kappa shape index (κ3) is 3.44. The molecule has 0 aliphatic carbocycles. The van der Waals surface area contributed by atoms with E-state index in [1.807, 2.05) is 67.6 Å². The molecule has 0 radical (unpaired) electrons. The first-order valence-electron chi connectivity index (χ1n) is 6.72. The minimum atomic E-state index is 0. The van der Waals surface area contributed by atoms with Crippen LogP contribution in [0.2, 0.25) is 0 Å². The van der Waals surface area contributed by atoms with Crippen LogP contribution in [0.15, 0.2) is 34.8 Å². The molecule has 1 aromatic carbocycles. The van der Waals surface area contributed by atoms with Gasteiger partial charge in [0.05, 0.1) is 39.3 Å². The van der Waals surface area contributed by atoms with Crippen LogP contribution in [0.5, 0.6) is 5.75 Å². The number of hydrogen-bond acceptors (Lipinski definition) is 4. The highest BCUT2D eigenvalue weighted by Crippen LogP contribution is 2.34. The predicted octanol–water partition coefficient (Wildman–Crippen LogP) is 3.28. The van der Waals surface area contributed by atoms with Crippen molar-refractivity contribution >= 4 is 17.3 Å². The number of rotatable bonds is 4. The van der Waals surface area contributed by atoms with Crippen LogP contribution < -0.4 is 14.2 Å². The number of imidazole rings is 1. The van der Waals surface area contributed by atoms with E-state index in [0.29, 0.717) is 0 Å². The number of benzene rings is 1. The first kappa shape index (κ1) is 17.7. The van der Waals surface area contributed by atoms with Crippen molar-refractivity contribution in [2.75, 3.05) is 26.1 Å². The zero-order chi connectivity index (χ0) is 15.6. The van der Waals surface area contributed by atoms with Crippen molar-refractivity contribution in [2.45, 2.75) is 14.4 Å². The maximum atomic E-state index is 5.43. The van der Waals surface area contributed by atoms with Gasteiger partial charge in [0.1, 0.15) is 11.4 Å². The largest absolute Gasteiger partial charge is 0.495 e. The molecular formula is C16H26N5O+. The summed E-state index contributed by atoms with van der Waals surface area (Å²) in [7, 11) is 9.52. The third-order valence-electron chi connectivity index (χ3n) is 3.37. The molecule has 0 fully saturated rings. The molecule has 22 heavy (non-hydrogen) atoms. The molecular weight excluding hydrogens is 278 g/mol. The summed E-state index contributed by atoms with van der Waals surface area (Å²) >= 11 is 0. The number of aryl methyl sites for hydroxylation is 3. The summed E-state index contributed by atoms with van der Waals surface area (Å²) in [5.41, 5.74) is 2.89. The fraction of sp³-hybridized carbons (Fsp3) is 0.438. The lowest BCUT2D eigenvalue weighted by Crippen LogP contribution is -2.25. The van der Waals surface area contributed by atoms with Crippen molar-refractivity contribution in [3.05, 3.63) is 30.1 Å². The van der Waals surface area contributed by atoms with Gasteiger partial charge in [0.2, 0.25) is 0 Å². The van der Waals surface area contributed by atoms with Crippen LogP contribution in [0.4, 0.5) is 17.3 Å². The number of nitrogens with zero attached hydrogens (tertiary/aromatic N) is 5. The second kappa shape index (κ2) is 7.06. The van der Waals surface area contributed by atoms with Gasteiger partial charge in [0, 0.05) is 25.3 Å². The van der Waals surface area contributed by atoms with Crippen molar-refractivity contribution in [2.24, 2.45) is 24.3 Å². The number of methoxy groups -OCH3 is 1. The minimum absolute atomic E-state index is 0. The van der Waals surface area contributed by atoms with E-state index in [4.69, 9.17) is 4.74 Å². The maximum Gasteiger partial charge on any atom is 0.421 e. The quantitative estimate of drug-likeness (QED) is 0.643. The van der Waals surface area contributed by atoms with Gasteiger partial charge in [-0.3, -0.25) is 0 Å².